The number of carbonyl (C=O) groups is 2. The smallest absolute Gasteiger partial charge is 0.244 e. The van der Waals surface area contributed by atoms with E-state index in [1.54, 1.807) is 11.8 Å². The highest BCUT2D eigenvalue weighted by atomic mass is 16.2. The first-order valence-corrected chi connectivity index (χ1v) is 7.20. The van der Waals surface area contributed by atoms with Crippen LogP contribution in [0, 0.1) is 6.92 Å². The molecule has 4 heteroatoms. The van der Waals surface area contributed by atoms with Crippen LogP contribution in [-0.2, 0) is 9.59 Å². The third kappa shape index (κ3) is 3.59. The van der Waals surface area contributed by atoms with Gasteiger partial charge in [-0.25, -0.2) is 0 Å². The van der Waals surface area contributed by atoms with E-state index in [0.29, 0.717) is 0 Å². The van der Waals surface area contributed by atoms with Crippen LogP contribution in [0.5, 0.6) is 0 Å². The number of benzene rings is 1. The molecule has 0 spiro atoms. The lowest BCUT2D eigenvalue weighted by molar-refractivity contribution is -0.135. The van der Waals surface area contributed by atoms with Crippen LogP contribution < -0.4 is 5.32 Å². The Kier molecular flexibility index (Phi) is 4.77. The average Bonchev–Trinajstić information content (AvgIpc) is 2.92. The fourth-order valence-electron chi connectivity index (χ4n) is 2.77. The molecule has 0 bridgehead atoms. The molecule has 1 aliphatic rings. The van der Waals surface area contributed by atoms with Gasteiger partial charge in [0.1, 0.15) is 6.54 Å². The Morgan fingerprint density at radius 2 is 1.90 bits per heavy atom. The molecular weight excluding hydrogens is 252 g/mol. The molecule has 1 aromatic carbocycles. The van der Waals surface area contributed by atoms with Crippen molar-refractivity contribution in [3.05, 3.63) is 29.8 Å². The number of carbonyl (C=O) groups excluding carboxylic acids is 2. The maximum absolute atomic E-state index is 12.1. The van der Waals surface area contributed by atoms with E-state index in [1.165, 1.54) is 0 Å². The van der Waals surface area contributed by atoms with Gasteiger partial charge >= 0.3 is 0 Å². The van der Waals surface area contributed by atoms with Crippen molar-refractivity contribution in [2.45, 2.75) is 45.6 Å². The molecule has 1 saturated carbocycles. The highest BCUT2D eigenvalue weighted by Gasteiger charge is 2.26. The Bertz CT molecular complexity index is 493. The lowest BCUT2D eigenvalue weighted by Crippen LogP contribution is -2.42. The van der Waals surface area contributed by atoms with Crippen LogP contribution in [0.25, 0.3) is 0 Å². The van der Waals surface area contributed by atoms with Gasteiger partial charge in [-0.15, -0.1) is 0 Å². The van der Waals surface area contributed by atoms with Gasteiger partial charge < -0.3 is 10.2 Å². The molecule has 1 fully saturated rings. The zero-order valence-electron chi connectivity index (χ0n) is 12.2. The molecule has 4 nitrogen and oxygen atoms in total. The van der Waals surface area contributed by atoms with Crippen LogP contribution in [-0.4, -0.2) is 29.3 Å². The molecule has 108 valence electrons. The van der Waals surface area contributed by atoms with E-state index in [2.05, 4.69) is 5.32 Å². The van der Waals surface area contributed by atoms with Gasteiger partial charge in [0.05, 0.1) is 0 Å². The fraction of sp³-hybridized carbons (Fsp3) is 0.500. The van der Waals surface area contributed by atoms with Crippen molar-refractivity contribution in [1.82, 2.24) is 4.90 Å². The van der Waals surface area contributed by atoms with E-state index in [0.717, 1.165) is 36.9 Å². The van der Waals surface area contributed by atoms with Crippen molar-refractivity contribution in [2.75, 3.05) is 11.9 Å². The zero-order chi connectivity index (χ0) is 14.5. The molecule has 1 N–H and O–H groups in total. The van der Waals surface area contributed by atoms with Crippen LogP contribution in [0.1, 0.15) is 38.2 Å². The number of hydrogen-bond acceptors (Lipinski definition) is 2. The van der Waals surface area contributed by atoms with Crippen molar-refractivity contribution in [2.24, 2.45) is 0 Å². The molecule has 2 amide bonds. The minimum Gasteiger partial charge on any atom is -0.331 e. The van der Waals surface area contributed by atoms with E-state index in [-0.39, 0.29) is 24.4 Å². The molecule has 0 aliphatic heterocycles. The maximum atomic E-state index is 12.1. The van der Waals surface area contributed by atoms with Gasteiger partial charge in [0.2, 0.25) is 11.8 Å². The molecule has 0 atom stereocenters. The first-order valence-electron chi connectivity index (χ1n) is 7.20. The summed E-state index contributed by atoms with van der Waals surface area (Å²) in [5.74, 6) is -0.141. The summed E-state index contributed by atoms with van der Waals surface area (Å²) < 4.78 is 0. The lowest BCUT2D eigenvalue weighted by atomic mass is 10.2. The maximum Gasteiger partial charge on any atom is 0.244 e. The molecule has 1 aliphatic carbocycles. The summed E-state index contributed by atoms with van der Waals surface area (Å²) in [7, 11) is 0. The van der Waals surface area contributed by atoms with Crippen LogP contribution in [0.4, 0.5) is 5.69 Å². The summed E-state index contributed by atoms with van der Waals surface area (Å²) in [6, 6.07) is 7.89. The van der Waals surface area contributed by atoms with E-state index in [9.17, 15) is 9.59 Å². The number of amides is 2. The summed E-state index contributed by atoms with van der Waals surface area (Å²) in [5, 5.41) is 2.89. The second-order valence-electron chi connectivity index (χ2n) is 5.45. The fourth-order valence-corrected chi connectivity index (χ4v) is 2.77. The van der Waals surface area contributed by atoms with E-state index in [1.807, 2.05) is 31.2 Å². The first kappa shape index (κ1) is 14.6. The third-order valence-corrected chi connectivity index (χ3v) is 3.90. The summed E-state index contributed by atoms with van der Waals surface area (Å²) in [6.07, 6.45) is 4.32. The topological polar surface area (TPSA) is 49.4 Å². The Labute approximate surface area is 120 Å². The van der Waals surface area contributed by atoms with Gasteiger partial charge in [0, 0.05) is 18.7 Å². The Morgan fingerprint density at radius 1 is 1.25 bits per heavy atom. The quantitative estimate of drug-likeness (QED) is 0.917. The molecule has 1 aromatic rings. The summed E-state index contributed by atoms with van der Waals surface area (Å²) in [4.78, 5) is 25.6. The Morgan fingerprint density at radius 3 is 2.50 bits per heavy atom. The molecule has 2 rings (SSSR count). The van der Waals surface area contributed by atoms with Crippen molar-refractivity contribution >= 4 is 17.5 Å². The molecule has 0 radical (unpaired) electrons. The second kappa shape index (κ2) is 6.55. The third-order valence-electron chi connectivity index (χ3n) is 3.90. The second-order valence-corrected chi connectivity index (χ2v) is 5.45. The largest absolute Gasteiger partial charge is 0.331 e. The van der Waals surface area contributed by atoms with Crippen molar-refractivity contribution < 1.29 is 9.59 Å². The first-order chi connectivity index (χ1) is 9.58. The van der Waals surface area contributed by atoms with Gasteiger partial charge in [0.25, 0.3) is 0 Å². The highest BCUT2D eigenvalue weighted by molar-refractivity contribution is 5.94. The lowest BCUT2D eigenvalue weighted by Gasteiger charge is -2.27. The number of anilines is 1. The molecule has 0 heterocycles. The zero-order valence-corrected chi connectivity index (χ0v) is 12.2. The number of nitrogens with one attached hydrogen (secondary N) is 1. The van der Waals surface area contributed by atoms with Crippen LogP contribution in [0.3, 0.4) is 0 Å². The monoisotopic (exact) mass is 274 g/mol. The van der Waals surface area contributed by atoms with E-state index >= 15 is 0 Å². The van der Waals surface area contributed by atoms with E-state index < -0.39 is 0 Å². The standard InChI is InChI=1S/C16H22N2O2/c1-12-7-3-6-10-15(12)17-16(20)11-18(13(2)19)14-8-4-5-9-14/h3,6-7,10,14H,4-5,8-9,11H2,1-2H3,(H,17,20). The van der Waals surface area contributed by atoms with Gasteiger partial charge in [0.15, 0.2) is 0 Å². The SMILES string of the molecule is CC(=O)N(CC(=O)Nc1ccccc1C)C1CCCC1. The predicted octanol–water partition coefficient (Wildman–Crippen LogP) is 2.72. The minimum absolute atomic E-state index is 0.0168. The van der Waals surface area contributed by atoms with Crippen molar-refractivity contribution in [3.8, 4) is 0 Å². The predicted molar refractivity (Wildman–Crippen MR) is 79.5 cm³/mol. The number of aryl methyl sites for hydroxylation is 1. The summed E-state index contributed by atoms with van der Waals surface area (Å²) in [6.45, 7) is 3.64. The molecule has 0 unspecified atom stereocenters. The van der Waals surface area contributed by atoms with Crippen LogP contribution >= 0.6 is 0 Å². The number of nitrogens with zero attached hydrogens (tertiary/aromatic N) is 1. The van der Waals surface area contributed by atoms with Gasteiger partial charge in [-0.2, -0.15) is 0 Å². The molecule has 20 heavy (non-hydrogen) atoms. The number of hydrogen-bond donors (Lipinski definition) is 1. The van der Waals surface area contributed by atoms with Crippen LogP contribution in [0.15, 0.2) is 24.3 Å². The van der Waals surface area contributed by atoms with Gasteiger partial charge in [-0.3, -0.25) is 9.59 Å². The molecule has 0 saturated heterocycles. The average molecular weight is 274 g/mol. The summed E-state index contributed by atoms with van der Waals surface area (Å²) in [5.41, 5.74) is 1.84. The van der Waals surface area contributed by atoms with Crippen molar-refractivity contribution in [3.63, 3.8) is 0 Å². The van der Waals surface area contributed by atoms with E-state index in [4.69, 9.17) is 0 Å². The molecule has 0 aromatic heterocycles. The Balaban J connectivity index is 1.98. The van der Waals surface area contributed by atoms with Gasteiger partial charge in [-0.1, -0.05) is 31.0 Å². The molecular formula is C16H22N2O2. The number of rotatable bonds is 4. The number of para-hydroxylation sites is 1. The van der Waals surface area contributed by atoms with Crippen LogP contribution in [0.2, 0.25) is 0 Å². The van der Waals surface area contributed by atoms with Crippen molar-refractivity contribution in [1.29, 1.82) is 0 Å². The highest BCUT2D eigenvalue weighted by Crippen LogP contribution is 2.23. The minimum atomic E-state index is -0.124. The summed E-state index contributed by atoms with van der Waals surface area (Å²) >= 11 is 0. The van der Waals surface area contributed by atoms with Gasteiger partial charge in [-0.05, 0) is 31.4 Å². The Hall–Kier alpha value is -1.84. The normalized spacial score (nSPS) is 15.1.